The molecule has 0 rings (SSSR count). The summed E-state index contributed by atoms with van der Waals surface area (Å²) >= 11 is 0. The fraction of sp³-hybridized carbons (Fsp3) is 0.500. The Morgan fingerprint density at radius 3 is 1.88 bits per heavy atom. The van der Waals surface area contributed by atoms with Gasteiger partial charge in [-0.1, -0.05) is 40.3 Å². The Bertz CT molecular complexity index is 345. The van der Waals surface area contributed by atoms with Gasteiger partial charge in [-0.05, 0) is 5.41 Å². The number of rotatable bonds is 4. The first-order valence-corrected chi connectivity index (χ1v) is 4.95. The van der Waals surface area contributed by atoms with E-state index < -0.39 is 23.3 Å². The standard InChI is InChI=1S/C12H18O4/c1-7(8(2)10(13)14)6-9(11(15)16)12(3,4)5/h6-7H,2H2,1,3-5H3,(H,13,14)(H,15,16). The van der Waals surface area contributed by atoms with E-state index in [9.17, 15) is 9.59 Å². The Morgan fingerprint density at radius 2 is 1.62 bits per heavy atom. The summed E-state index contributed by atoms with van der Waals surface area (Å²) in [5.74, 6) is -2.64. The lowest BCUT2D eigenvalue weighted by Gasteiger charge is -2.21. The molecule has 16 heavy (non-hydrogen) atoms. The highest BCUT2D eigenvalue weighted by Crippen LogP contribution is 2.27. The third-order valence-corrected chi connectivity index (χ3v) is 2.28. The van der Waals surface area contributed by atoms with Crippen molar-refractivity contribution in [1.29, 1.82) is 0 Å². The van der Waals surface area contributed by atoms with Crippen LogP contribution in [-0.2, 0) is 9.59 Å². The van der Waals surface area contributed by atoms with Crippen LogP contribution < -0.4 is 0 Å². The number of aliphatic carboxylic acids is 2. The third kappa shape index (κ3) is 3.88. The molecule has 0 radical (unpaired) electrons. The van der Waals surface area contributed by atoms with Gasteiger partial charge in [-0.2, -0.15) is 0 Å². The van der Waals surface area contributed by atoms with Gasteiger partial charge in [-0.15, -0.1) is 0 Å². The van der Waals surface area contributed by atoms with Crippen molar-refractivity contribution < 1.29 is 19.8 Å². The van der Waals surface area contributed by atoms with E-state index in [0.717, 1.165) is 0 Å². The van der Waals surface area contributed by atoms with Gasteiger partial charge in [0.05, 0.1) is 0 Å². The van der Waals surface area contributed by atoms with Crippen molar-refractivity contribution in [3.05, 3.63) is 23.8 Å². The number of hydrogen-bond donors (Lipinski definition) is 2. The van der Waals surface area contributed by atoms with Crippen molar-refractivity contribution in [2.24, 2.45) is 11.3 Å². The molecule has 1 atom stereocenters. The van der Waals surface area contributed by atoms with Crippen LogP contribution in [0.3, 0.4) is 0 Å². The molecule has 0 aromatic heterocycles. The Kier molecular flexibility index (Phi) is 4.47. The van der Waals surface area contributed by atoms with E-state index in [-0.39, 0.29) is 11.1 Å². The lowest BCUT2D eigenvalue weighted by Crippen LogP contribution is -2.19. The summed E-state index contributed by atoms with van der Waals surface area (Å²) in [6.07, 6.45) is 1.44. The molecule has 0 aromatic carbocycles. The van der Waals surface area contributed by atoms with Crippen molar-refractivity contribution in [2.75, 3.05) is 0 Å². The third-order valence-electron chi connectivity index (χ3n) is 2.28. The highest BCUT2D eigenvalue weighted by molar-refractivity contribution is 5.90. The van der Waals surface area contributed by atoms with Crippen LogP contribution in [0.2, 0.25) is 0 Å². The molecule has 4 heteroatoms. The van der Waals surface area contributed by atoms with Crippen LogP contribution in [-0.4, -0.2) is 22.2 Å². The molecule has 0 heterocycles. The van der Waals surface area contributed by atoms with E-state index in [4.69, 9.17) is 10.2 Å². The molecule has 0 saturated carbocycles. The molecule has 4 nitrogen and oxygen atoms in total. The molecule has 0 fully saturated rings. The molecule has 0 aliphatic rings. The Hall–Kier alpha value is -1.58. The first kappa shape index (κ1) is 14.4. The van der Waals surface area contributed by atoms with Gasteiger partial charge >= 0.3 is 11.9 Å². The van der Waals surface area contributed by atoms with Crippen LogP contribution in [0.25, 0.3) is 0 Å². The van der Waals surface area contributed by atoms with Gasteiger partial charge in [0.15, 0.2) is 0 Å². The van der Waals surface area contributed by atoms with Crippen molar-refractivity contribution in [3.63, 3.8) is 0 Å². The second kappa shape index (κ2) is 4.96. The SMILES string of the molecule is C=C(C(=O)O)C(C)C=C(C(=O)O)C(C)(C)C. The summed E-state index contributed by atoms with van der Waals surface area (Å²) in [7, 11) is 0. The van der Waals surface area contributed by atoms with Crippen LogP contribution >= 0.6 is 0 Å². The molecular weight excluding hydrogens is 208 g/mol. The van der Waals surface area contributed by atoms with Crippen LogP contribution in [0.5, 0.6) is 0 Å². The zero-order valence-electron chi connectivity index (χ0n) is 10.1. The summed E-state index contributed by atoms with van der Waals surface area (Å²) in [6.45, 7) is 10.3. The maximum atomic E-state index is 11.0. The minimum atomic E-state index is -1.11. The molecule has 90 valence electrons. The monoisotopic (exact) mass is 226 g/mol. The summed E-state index contributed by atoms with van der Waals surface area (Å²) in [5, 5.41) is 17.8. The van der Waals surface area contributed by atoms with E-state index in [2.05, 4.69) is 6.58 Å². The van der Waals surface area contributed by atoms with Gasteiger partial charge in [0, 0.05) is 17.1 Å². The molecule has 0 spiro atoms. The topological polar surface area (TPSA) is 74.6 Å². The Balaban J connectivity index is 5.17. The van der Waals surface area contributed by atoms with Crippen molar-refractivity contribution in [3.8, 4) is 0 Å². The van der Waals surface area contributed by atoms with Crippen molar-refractivity contribution in [1.82, 2.24) is 0 Å². The Morgan fingerprint density at radius 1 is 1.19 bits per heavy atom. The smallest absolute Gasteiger partial charge is 0.331 e. The molecule has 0 amide bonds. The average Bonchev–Trinajstić information content (AvgIpc) is 2.09. The van der Waals surface area contributed by atoms with Crippen LogP contribution in [0, 0.1) is 11.3 Å². The molecule has 2 N–H and O–H groups in total. The molecule has 0 aliphatic carbocycles. The highest BCUT2D eigenvalue weighted by Gasteiger charge is 2.25. The van der Waals surface area contributed by atoms with E-state index in [1.54, 1.807) is 27.7 Å². The summed E-state index contributed by atoms with van der Waals surface area (Å²) in [6, 6.07) is 0. The van der Waals surface area contributed by atoms with Crippen molar-refractivity contribution in [2.45, 2.75) is 27.7 Å². The summed E-state index contributed by atoms with van der Waals surface area (Å²) in [5.41, 5.74) is -0.343. The number of hydrogen-bond acceptors (Lipinski definition) is 2. The number of carboxylic acids is 2. The van der Waals surface area contributed by atoms with Crippen molar-refractivity contribution >= 4 is 11.9 Å². The van der Waals surface area contributed by atoms with Crippen LogP contribution in [0.1, 0.15) is 27.7 Å². The molecule has 0 bridgehead atoms. The predicted molar refractivity (Wildman–Crippen MR) is 61.1 cm³/mol. The molecule has 0 aromatic rings. The molecule has 1 unspecified atom stereocenters. The largest absolute Gasteiger partial charge is 0.478 e. The predicted octanol–water partition coefficient (Wildman–Crippen LogP) is 2.32. The lowest BCUT2D eigenvalue weighted by atomic mass is 9.83. The van der Waals surface area contributed by atoms with E-state index in [1.165, 1.54) is 6.08 Å². The van der Waals surface area contributed by atoms with E-state index >= 15 is 0 Å². The van der Waals surface area contributed by atoms with Crippen LogP contribution in [0.15, 0.2) is 23.8 Å². The lowest BCUT2D eigenvalue weighted by molar-refractivity contribution is -0.134. The van der Waals surface area contributed by atoms with Gasteiger partial charge in [0.2, 0.25) is 0 Å². The van der Waals surface area contributed by atoms with Gasteiger partial charge in [-0.3, -0.25) is 0 Å². The normalized spacial score (nSPS) is 14.4. The highest BCUT2D eigenvalue weighted by atomic mass is 16.4. The molecular formula is C12H18O4. The van der Waals surface area contributed by atoms with Gasteiger partial charge < -0.3 is 10.2 Å². The average molecular weight is 226 g/mol. The molecule has 0 saturated heterocycles. The summed E-state index contributed by atoms with van der Waals surface area (Å²) < 4.78 is 0. The maximum Gasteiger partial charge on any atom is 0.331 e. The van der Waals surface area contributed by atoms with Gasteiger partial charge in [0.25, 0.3) is 0 Å². The quantitative estimate of drug-likeness (QED) is 0.721. The minimum absolute atomic E-state index is 0.0111. The first-order chi connectivity index (χ1) is 7.07. The van der Waals surface area contributed by atoms with Gasteiger partial charge in [0.1, 0.15) is 0 Å². The minimum Gasteiger partial charge on any atom is -0.478 e. The number of carboxylic acid groups (broad SMARTS) is 2. The second-order valence-electron chi connectivity index (χ2n) is 4.75. The fourth-order valence-electron chi connectivity index (χ4n) is 1.19. The Labute approximate surface area is 95.3 Å². The van der Waals surface area contributed by atoms with Gasteiger partial charge in [-0.25, -0.2) is 9.59 Å². The van der Waals surface area contributed by atoms with E-state index in [1.807, 2.05) is 0 Å². The number of allylic oxidation sites excluding steroid dienone is 1. The maximum absolute atomic E-state index is 11.0. The first-order valence-electron chi connectivity index (χ1n) is 4.95. The second-order valence-corrected chi connectivity index (χ2v) is 4.75. The molecule has 0 aliphatic heterocycles. The zero-order chi connectivity index (χ0) is 13.1. The summed E-state index contributed by atoms with van der Waals surface area (Å²) in [4.78, 5) is 21.7. The van der Waals surface area contributed by atoms with Crippen LogP contribution in [0.4, 0.5) is 0 Å². The zero-order valence-corrected chi connectivity index (χ0v) is 10.1. The fourth-order valence-corrected chi connectivity index (χ4v) is 1.19. The van der Waals surface area contributed by atoms with E-state index in [0.29, 0.717) is 0 Å². The number of carbonyl (C=O) groups is 2.